The van der Waals surface area contributed by atoms with Crippen LogP contribution < -0.4 is 22.1 Å². The number of rotatable bonds is 10. The van der Waals surface area contributed by atoms with E-state index in [0.717, 1.165) is 6.08 Å². The smallest absolute Gasteiger partial charge is 0.370 e. The van der Waals surface area contributed by atoms with E-state index >= 15 is 0 Å². The highest BCUT2D eigenvalue weighted by Crippen LogP contribution is 2.26. The van der Waals surface area contributed by atoms with E-state index in [2.05, 4.69) is 15.6 Å². The number of guanidine groups is 1. The molecule has 1 rings (SSSR count). The summed E-state index contributed by atoms with van der Waals surface area (Å²) in [6, 6.07) is -2.06. The second kappa shape index (κ2) is 11.2. The Morgan fingerprint density at radius 1 is 1.31 bits per heavy atom. The molecule has 13 heteroatoms. The number of amides is 2. The molecule has 0 radical (unpaired) electrons. The lowest BCUT2D eigenvalue weighted by Crippen LogP contribution is -2.60. The lowest BCUT2D eigenvalue weighted by atomic mass is 9.92. The molecule has 2 amide bonds. The van der Waals surface area contributed by atoms with Gasteiger partial charge in [-0.2, -0.15) is 0 Å². The maximum Gasteiger partial charge on any atom is 0.370 e. The number of carboxylic acids is 1. The first-order chi connectivity index (χ1) is 13.6. The van der Waals surface area contributed by atoms with Crippen LogP contribution >= 0.6 is 0 Å². The molecule has 0 bridgehead atoms. The Hall–Kier alpha value is -2.90. The fraction of sp³-hybridized carbons (Fsp3) is 0.625. The number of nitrogens with zero attached hydrogens (tertiary/aromatic N) is 1. The van der Waals surface area contributed by atoms with E-state index in [0.29, 0.717) is 0 Å². The summed E-state index contributed by atoms with van der Waals surface area (Å²) < 4.78 is 11.0. The summed E-state index contributed by atoms with van der Waals surface area (Å²) >= 11 is 0. The Labute approximate surface area is 166 Å². The van der Waals surface area contributed by atoms with Crippen molar-refractivity contribution in [1.29, 1.82) is 0 Å². The number of nitrogens with two attached hydrogens (primary N) is 2. The molecule has 0 saturated carbocycles. The molecular weight excluding hydrogens is 390 g/mol. The van der Waals surface area contributed by atoms with Crippen molar-refractivity contribution in [3.63, 3.8) is 0 Å². The number of carboxylic acid groups (broad SMARTS) is 1. The molecule has 29 heavy (non-hydrogen) atoms. The number of aliphatic carboxylic acids is 1. The fourth-order valence-electron chi connectivity index (χ4n) is 2.75. The van der Waals surface area contributed by atoms with Crippen LogP contribution in [0.1, 0.15) is 13.8 Å². The molecule has 0 fully saturated rings. The van der Waals surface area contributed by atoms with E-state index in [1.54, 1.807) is 0 Å². The zero-order valence-electron chi connectivity index (χ0n) is 16.1. The van der Waals surface area contributed by atoms with Crippen LogP contribution in [0.2, 0.25) is 0 Å². The highest BCUT2D eigenvalue weighted by Gasteiger charge is 2.45. The Balaban J connectivity index is 3.26. The molecule has 0 aromatic heterocycles. The number of nitrogens with one attached hydrogen (secondary N) is 2. The minimum Gasteiger partial charge on any atom is -0.478 e. The maximum atomic E-state index is 11.7. The van der Waals surface area contributed by atoms with Gasteiger partial charge < -0.3 is 46.9 Å². The predicted octanol–water partition coefficient (Wildman–Crippen LogP) is -3.63. The van der Waals surface area contributed by atoms with E-state index in [1.165, 1.54) is 13.8 Å². The summed E-state index contributed by atoms with van der Waals surface area (Å²) in [5, 5.41) is 34.0. The van der Waals surface area contributed by atoms with E-state index in [4.69, 9.17) is 20.9 Å². The van der Waals surface area contributed by atoms with Crippen molar-refractivity contribution >= 4 is 23.7 Å². The van der Waals surface area contributed by atoms with Gasteiger partial charge in [-0.15, -0.1) is 0 Å². The number of ether oxygens (including phenoxy) is 2. The van der Waals surface area contributed by atoms with Gasteiger partial charge in [-0.3, -0.25) is 9.59 Å². The van der Waals surface area contributed by atoms with Gasteiger partial charge in [-0.1, -0.05) is 0 Å². The van der Waals surface area contributed by atoms with Gasteiger partial charge in [0.2, 0.25) is 17.6 Å². The lowest BCUT2D eigenvalue weighted by Gasteiger charge is -2.40. The zero-order valence-corrected chi connectivity index (χ0v) is 16.1. The maximum absolute atomic E-state index is 11.7. The average molecular weight is 417 g/mol. The van der Waals surface area contributed by atoms with Gasteiger partial charge in [0.05, 0.1) is 25.3 Å². The van der Waals surface area contributed by atoms with Crippen LogP contribution in [0.5, 0.6) is 0 Å². The Bertz CT molecular complexity index is 664. The highest BCUT2D eigenvalue weighted by molar-refractivity contribution is 5.85. The Morgan fingerprint density at radius 2 is 1.97 bits per heavy atom. The predicted molar refractivity (Wildman–Crippen MR) is 99.3 cm³/mol. The second-order valence-corrected chi connectivity index (χ2v) is 6.26. The summed E-state index contributed by atoms with van der Waals surface area (Å²) in [4.78, 5) is 38.1. The molecule has 9 N–H and O–H groups in total. The monoisotopic (exact) mass is 417 g/mol. The van der Waals surface area contributed by atoms with Gasteiger partial charge in [-0.05, 0) is 6.08 Å². The number of aliphatic imine (C=N–C) groups is 1. The lowest BCUT2D eigenvalue weighted by molar-refractivity contribution is -0.153. The molecule has 164 valence electrons. The normalized spacial score (nSPS) is 23.0. The molecule has 1 heterocycles. The second-order valence-electron chi connectivity index (χ2n) is 6.26. The van der Waals surface area contributed by atoms with Crippen LogP contribution in [-0.4, -0.2) is 89.2 Å². The van der Waals surface area contributed by atoms with E-state index < -0.39 is 54.6 Å². The largest absolute Gasteiger partial charge is 0.478 e. The molecule has 0 unspecified atom stereocenters. The van der Waals surface area contributed by atoms with Gasteiger partial charge in [0, 0.05) is 20.4 Å². The van der Waals surface area contributed by atoms with Crippen molar-refractivity contribution in [2.75, 3.05) is 19.8 Å². The van der Waals surface area contributed by atoms with E-state index in [1.807, 2.05) is 0 Å². The number of aliphatic hydroxyl groups is 2. The molecule has 0 aliphatic carbocycles. The highest BCUT2D eigenvalue weighted by atomic mass is 16.6. The Kier molecular flexibility index (Phi) is 9.31. The fourth-order valence-corrected chi connectivity index (χ4v) is 2.75. The van der Waals surface area contributed by atoms with Crippen LogP contribution in [0.25, 0.3) is 0 Å². The van der Waals surface area contributed by atoms with Gasteiger partial charge in [-0.25, -0.2) is 9.79 Å². The third kappa shape index (κ3) is 7.56. The third-order valence-corrected chi connectivity index (χ3v) is 3.86. The van der Waals surface area contributed by atoms with Crippen molar-refractivity contribution in [3.05, 3.63) is 11.8 Å². The first kappa shape index (κ1) is 24.1. The summed E-state index contributed by atoms with van der Waals surface area (Å²) in [5.41, 5.74) is 10.8. The molecule has 0 aromatic carbocycles. The molecule has 1 aliphatic rings. The van der Waals surface area contributed by atoms with Crippen LogP contribution in [0, 0.1) is 0 Å². The van der Waals surface area contributed by atoms with Crippen LogP contribution in [0.15, 0.2) is 16.8 Å². The topological polar surface area (TPSA) is 219 Å². The van der Waals surface area contributed by atoms with Gasteiger partial charge in [0.1, 0.15) is 12.2 Å². The number of carbonyl (C=O) groups is 3. The van der Waals surface area contributed by atoms with Crippen molar-refractivity contribution in [2.24, 2.45) is 16.5 Å². The standard InChI is InChI=1S/C16H27N5O8/c1-7(23)19-3-4-28-13(10(25)6-22)14-12(20-8(2)24)9(21-16(17)18)5-11(29-14)15(26)27/h5,9-10,12-14,22,25H,3-4,6H2,1-2H3,(H,19,23)(H,20,24)(H,26,27)(H4,17,18,21)/t9-,10+,12+,13+,14+/m0/s1. The molecule has 1 aliphatic heterocycles. The van der Waals surface area contributed by atoms with Crippen molar-refractivity contribution in [3.8, 4) is 0 Å². The van der Waals surface area contributed by atoms with Crippen molar-refractivity contribution in [1.82, 2.24) is 10.6 Å². The van der Waals surface area contributed by atoms with Crippen LogP contribution in [0.4, 0.5) is 0 Å². The molecular formula is C16H27N5O8. The minimum absolute atomic E-state index is 0.0838. The summed E-state index contributed by atoms with van der Waals surface area (Å²) in [5.74, 6) is -3.11. The van der Waals surface area contributed by atoms with Gasteiger partial charge >= 0.3 is 5.97 Å². The summed E-state index contributed by atoms with van der Waals surface area (Å²) in [6.45, 7) is 1.78. The average Bonchev–Trinajstić information content (AvgIpc) is 2.61. The van der Waals surface area contributed by atoms with E-state index in [9.17, 15) is 29.7 Å². The van der Waals surface area contributed by atoms with Crippen LogP contribution in [0.3, 0.4) is 0 Å². The van der Waals surface area contributed by atoms with Crippen LogP contribution in [-0.2, 0) is 23.9 Å². The SMILES string of the molecule is CC(=O)NCCO[C@@H]([C@@H]1OC(C(=O)O)=C[C@H](N=C(N)N)[C@H]1NC(C)=O)[C@H](O)CO. The zero-order chi connectivity index (χ0) is 22.1. The first-order valence-electron chi connectivity index (χ1n) is 8.69. The molecule has 0 saturated heterocycles. The van der Waals surface area contributed by atoms with Crippen molar-refractivity contribution in [2.45, 2.75) is 44.2 Å². The minimum atomic E-state index is -1.50. The first-order valence-corrected chi connectivity index (χ1v) is 8.69. The molecule has 5 atom stereocenters. The molecule has 0 spiro atoms. The van der Waals surface area contributed by atoms with E-state index in [-0.39, 0.29) is 25.0 Å². The Morgan fingerprint density at radius 3 is 2.45 bits per heavy atom. The number of carbonyl (C=O) groups excluding carboxylic acids is 2. The molecule has 13 nitrogen and oxygen atoms in total. The summed E-state index contributed by atoms with van der Waals surface area (Å²) in [6.07, 6.45) is -2.95. The quantitative estimate of drug-likeness (QED) is 0.105. The van der Waals surface area contributed by atoms with Gasteiger partial charge in [0.15, 0.2) is 12.1 Å². The third-order valence-electron chi connectivity index (χ3n) is 3.86. The number of hydrogen-bond donors (Lipinski definition) is 7. The molecule has 0 aromatic rings. The number of hydrogen-bond acceptors (Lipinski definition) is 8. The van der Waals surface area contributed by atoms with Crippen molar-refractivity contribution < 1.29 is 39.2 Å². The van der Waals surface area contributed by atoms with Gasteiger partial charge in [0.25, 0.3) is 0 Å². The number of aliphatic hydroxyl groups excluding tert-OH is 2. The summed E-state index contributed by atoms with van der Waals surface area (Å²) in [7, 11) is 0.